The van der Waals surface area contributed by atoms with Crippen LogP contribution in [0.15, 0.2) is 102 Å². The third-order valence-electron chi connectivity index (χ3n) is 7.34. The molecule has 0 fully saturated rings. The first-order chi connectivity index (χ1) is 21.4. The van der Waals surface area contributed by atoms with E-state index >= 15 is 0 Å². The second-order valence-corrected chi connectivity index (χ2v) is 13.9. The summed E-state index contributed by atoms with van der Waals surface area (Å²) >= 11 is 13.1. The third-order valence-corrected chi connectivity index (χ3v) is 9.82. The standard InChI is InChI=1S/C35H37Cl2N3O4S/c1-24(2)38-35(42)33(21-27-12-7-5-8-13-27)39(22-29-30(36)16-11-17-31(29)37)34(41)23-40(32-20-25(3)18-19-26(32)4)45(43,44)28-14-9-6-10-15-28/h5-20,24,33H,21-23H2,1-4H3,(H,38,42)/t33-/m0/s1. The van der Waals surface area contributed by atoms with Gasteiger partial charge >= 0.3 is 0 Å². The SMILES string of the molecule is Cc1ccc(C)c(N(CC(=O)N(Cc2c(Cl)cccc2Cl)[C@@H](Cc2ccccc2)C(=O)NC(C)C)S(=O)(=O)c2ccccc2)c1. The summed E-state index contributed by atoms with van der Waals surface area (Å²) in [6.45, 7) is 6.64. The highest BCUT2D eigenvalue weighted by molar-refractivity contribution is 7.92. The number of nitrogens with zero attached hydrogens (tertiary/aromatic N) is 2. The molecule has 0 radical (unpaired) electrons. The number of nitrogens with one attached hydrogen (secondary N) is 1. The molecule has 4 rings (SSSR count). The number of aryl methyl sites for hydroxylation is 2. The van der Waals surface area contributed by atoms with Gasteiger partial charge in [0, 0.05) is 34.6 Å². The number of rotatable bonds is 12. The Bertz CT molecular complexity index is 1730. The molecule has 2 amide bonds. The summed E-state index contributed by atoms with van der Waals surface area (Å²) in [6.07, 6.45) is 0.183. The molecule has 4 aromatic carbocycles. The quantitative estimate of drug-likeness (QED) is 0.177. The first-order valence-electron chi connectivity index (χ1n) is 14.6. The van der Waals surface area contributed by atoms with Gasteiger partial charge in [-0.05, 0) is 74.7 Å². The number of carbonyl (C=O) groups is 2. The number of benzene rings is 4. The van der Waals surface area contributed by atoms with E-state index in [9.17, 15) is 18.0 Å². The van der Waals surface area contributed by atoms with E-state index in [0.29, 0.717) is 26.9 Å². The first-order valence-corrected chi connectivity index (χ1v) is 16.8. The maximum atomic E-state index is 14.6. The highest BCUT2D eigenvalue weighted by Gasteiger charge is 2.35. The second-order valence-electron chi connectivity index (χ2n) is 11.2. The third kappa shape index (κ3) is 8.45. The van der Waals surface area contributed by atoms with Gasteiger partial charge in [0.1, 0.15) is 12.6 Å². The Morgan fingerprint density at radius 2 is 1.42 bits per heavy atom. The van der Waals surface area contributed by atoms with Gasteiger partial charge in [-0.15, -0.1) is 0 Å². The number of sulfonamides is 1. The summed E-state index contributed by atoms with van der Waals surface area (Å²) in [7, 11) is -4.20. The minimum Gasteiger partial charge on any atom is -0.352 e. The molecule has 7 nitrogen and oxygen atoms in total. The zero-order valence-corrected chi connectivity index (χ0v) is 28.0. The van der Waals surface area contributed by atoms with E-state index in [1.165, 1.54) is 17.0 Å². The van der Waals surface area contributed by atoms with Crippen molar-refractivity contribution in [1.82, 2.24) is 10.2 Å². The number of anilines is 1. The number of amides is 2. The lowest BCUT2D eigenvalue weighted by atomic mass is 10.0. The predicted octanol–water partition coefficient (Wildman–Crippen LogP) is 6.97. The molecule has 0 aromatic heterocycles. The van der Waals surface area contributed by atoms with Crippen LogP contribution >= 0.6 is 23.2 Å². The second kappa shape index (κ2) is 15.0. The van der Waals surface area contributed by atoms with Crippen LogP contribution in [-0.2, 0) is 32.6 Å². The minimum absolute atomic E-state index is 0.0396. The molecule has 0 spiro atoms. The van der Waals surface area contributed by atoms with Gasteiger partial charge < -0.3 is 10.2 Å². The zero-order valence-electron chi connectivity index (χ0n) is 25.7. The van der Waals surface area contributed by atoms with Crippen molar-refractivity contribution in [3.63, 3.8) is 0 Å². The highest BCUT2D eigenvalue weighted by atomic mass is 35.5. The van der Waals surface area contributed by atoms with Crippen LogP contribution in [-0.4, -0.2) is 43.8 Å². The van der Waals surface area contributed by atoms with Crippen molar-refractivity contribution in [3.05, 3.63) is 129 Å². The number of hydrogen-bond donors (Lipinski definition) is 1. The molecule has 0 bridgehead atoms. The van der Waals surface area contributed by atoms with Gasteiger partial charge in [0.05, 0.1) is 10.6 Å². The molecule has 0 aliphatic carbocycles. The molecule has 0 aliphatic heterocycles. The van der Waals surface area contributed by atoms with Crippen molar-refractivity contribution in [1.29, 1.82) is 0 Å². The van der Waals surface area contributed by atoms with Crippen molar-refractivity contribution < 1.29 is 18.0 Å². The van der Waals surface area contributed by atoms with Crippen molar-refractivity contribution >= 4 is 50.7 Å². The Morgan fingerprint density at radius 3 is 2.02 bits per heavy atom. The molecule has 1 N–H and O–H groups in total. The molecule has 4 aromatic rings. The van der Waals surface area contributed by atoms with Crippen LogP contribution < -0.4 is 9.62 Å². The lowest BCUT2D eigenvalue weighted by Gasteiger charge is -2.35. The molecule has 0 heterocycles. The fraction of sp³-hybridized carbons (Fsp3) is 0.257. The lowest BCUT2D eigenvalue weighted by molar-refractivity contribution is -0.140. The number of hydrogen-bond acceptors (Lipinski definition) is 4. The Kier molecular flexibility index (Phi) is 11.3. The van der Waals surface area contributed by atoms with Crippen LogP contribution in [0.3, 0.4) is 0 Å². The van der Waals surface area contributed by atoms with E-state index in [1.807, 2.05) is 63.2 Å². The van der Waals surface area contributed by atoms with E-state index in [-0.39, 0.29) is 29.8 Å². The van der Waals surface area contributed by atoms with Crippen LogP contribution in [0.2, 0.25) is 10.0 Å². The average Bonchev–Trinajstić information content (AvgIpc) is 3.00. The zero-order chi connectivity index (χ0) is 32.7. The average molecular weight is 667 g/mol. The van der Waals surface area contributed by atoms with Crippen LogP contribution in [0, 0.1) is 13.8 Å². The topological polar surface area (TPSA) is 86.8 Å². The molecular formula is C35H37Cl2N3O4S. The molecule has 10 heteroatoms. The molecule has 0 saturated heterocycles. The van der Waals surface area contributed by atoms with Gasteiger partial charge in [0.2, 0.25) is 11.8 Å². The van der Waals surface area contributed by atoms with Crippen LogP contribution in [0.1, 0.15) is 36.1 Å². The van der Waals surface area contributed by atoms with Gasteiger partial charge in [-0.1, -0.05) is 89.9 Å². The smallest absolute Gasteiger partial charge is 0.264 e. The van der Waals surface area contributed by atoms with Crippen LogP contribution in [0.5, 0.6) is 0 Å². The Morgan fingerprint density at radius 1 is 0.822 bits per heavy atom. The van der Waals surface area contributed by atoms with E-state index in [1.54, 1.807) is 49.4 Å². The maximum absolute atomic E-state index is 14.6. The monoisotopic (exact) mass is 665 g/mol. The summed E-state index contributed by atoms with van der Waals surface area (Å²) in [6, 6.07) is 26.6. The first kappa shape index (κ1) is 34.0. The largest absolute Gasteiger partial charge is 0.352 e. The number of halogens is 2. The molecule has 45 heavy (non-hydrogen) atoms. The fourth-order valence-electron chi connectivity index (χ4n) is 5.01. The normalized spacial score (nSPS) is 12.1. The van der Waals surface area contributed by atoms with Crippen molar-refractivity contribution in [2.45, 2.75) is 57.6 Å². The maximum Gasteiger partial charge on any atom is 0.264 e. The van der Waals surface area contributed by atoms with E-state index < -0.39 is 28.5 Å². The van der Waals surface area contributed by atoms with Gasteiger partial charge in [0.15, 0.2) is 0 Å². The Balaban J connectivity index is 1.86. The summed E-state index contributed by atoms with van der Waals surface area (Å²) in [4.78, 5) is 29.9. The molecule has 0 saturated carbocycles. The summed E-state index contributed by atoms with van der Waals surface area (Å²) in [5.74, 6) is -0.971. The van der Waals surface area contributed by atoms with E-state index in [4.69, 9.17) is 23.2 Å². The Hall–Kier alpha value is -3.85. The van der Waals surface area contributed by atoms with Crippen molar-refractivity contribution in [3.8, 4) is 0 Å². The molecular weight excluding hydrogens is 629 g/mol. The molecule has 0 aliphatic rings. The number of carbonyl (C=O) groups excluding carboxylic acids is 2. The predicted molar refractivity (Wildman–Crippen MR) is 181 cm³/mol. The Labute approximate surface area is 275 Å². The van der Waals surface area contributed by atoms with Crippen LogP contribution in [0.25, 0.3) is 0 Å². The van der Waals surface area contributed by atoms with Crippen molar-refractivity contribution in [2.75, 3.05) is 10.8 Å². The lowest BCUT2D eigenvalue weighted by Crippen LogP contribution is -2.54. The van der Waals surface area contributed by atoms with Crippen LogP contribution in [0.4, 0.5) is 5.69 Å². The van der Waals surface area contributed by atoms with E-state index in [0.717, 1.165) is 15.4 Å². The summed E-state index contributed by atoms with van der Waals surface area (Å²) in [5.41, 5.74) is 3.15. The van der Waals surface area contributed by atoms with Gasteiger partial charge in [-0.3, -0.25) is 13.9 Å². The minimum atomic E-state index is -4.20. The van der Waals surface area contributed by atoms with Gasteiger partial charge in [0.25, 0.3) is 10.0 Å². The van der Waals surface area contributed by atoms with E-state index in [2.05, 4.69) is 5.32 Å². The van der Waals surface area contributed by atoms with Gasteiger partial charge in [-0.2, -0.15) is 0 Å². The highest BCUT2D eigenvalue weighted by Crippen LogP contribution is 2.30. The molecule has 236 valence electrons. The summed E-state index contributed by atoms with van der Waals surface area (Å²) < 4.78 is 29.5. The fourth-order valence-corrected chi connectivity index (χ4v) is 7.02. The van der Waals surface area contributed by atoms with Crippen molar-refractivity contribution in [2.24, 2.45) is 0 Å². The molecule has 1 atom stereocenters. The summed E-state index contributed by atoms with van der Waals surface area (Å²) in [5, 5.41) is 3.59. The van der Waals surface area contributed by atoms with Gasteiger partial charge in [-0.25, -0.2) is 8.42 Å². The molecule has 0 unspecified atom stereocenters.